The predicted molar refractivity (Wildman–Crippen MR) is 60.8 cm³/mol. The van der Waals surface area contributed by atoms with Gasteiger partial charge in [0.1, 0.15) is 0 Å². The number of hydrogen-bond acceptors (Lipinski definition) is 4. The standard InChI is InChI=1S/C11H18N2O4/c1-8(14)12(9(2)15)6-5-7-13(10(3)16)11(4)17/h5-7H2,1-4H3. The van der Waals surface area contributed by atoms with Crippen LogP contribution in [0.25, 0.3) is 0 Å². The van der Waals surface area contributed by atoms with Crippen molar-refractivity contribution in [2.24, 2.45) is 0 Å². The molecule has 4 amide bonds. The molecular weight excluding hydrogens is 224 g/mol. The van der Waals surface area contributed by atoms with Gasteiger partial charge in [-0.3, -0.25) is 29.0 Å². The quantitative estimate of drug-likeness (QED) is 0.704. The Labute approximate surface area is 101 Å². The van der Waals surface area contributed by atoms with Crippen LogP contribution in [0.1, 0.15) is 34.1 Å². The van der Waals surface area contributed by atoms with E-state index in [1.807, 2.05) is 0 Å². The van der Waals surface area contributed by atoms with Crippen LogP contribution in [0.15, 0.2) is 0 Å². The largest absolute Gasteiger partial charge is 0.283 e. The highest BCUT2D eigenvalue weighted by atomic mass is 16.2. The van der Waals surface area contributed by atoms with Crippen molar-refractivity contribution in [1.29, 1.82) is 0 Å². The van der Waals surface area contributed by atoms with Crippen molar-refractivity contribution in [2.75, 3.05) is 13.1 Å². The van der Waals surface area contributed by atoms with Gasteiger partial charge in [0.15, 0.2) is 0 Å². The van der Waals surface area contributed by atoms with E-state index in [1.165, 1.54) is 27.7 Å². The molecule has 96 valence electrons. The van der Waals surface area contributed by atoms with E-state index in [4.69, 9.17) is 0 Å². The Bertz CT molecular complexity index is 278. The molecule has 0 bridgehead atoms. The first-order valence-electron chi connectivity index (χ1n) is 5.34. The minimum Gasteiger partial charge on any atom is -0.283 e. The average molecular weight is 242 g/mol. The first kappa shape index (κ1) is 15.3. The maximum Gasteiger partial charge on any atom is 0.226 e. The first-order chi connectivity index (χ1) is 7.77. The molecule has 0 aliphatic carbocycles. The van der Waals surface area contributed by atoms with Gasteiger partial charge in [-0.05, 0) is 6.42 Å². The smallest absolute Gasteiger partial charge is 0.226 e. The molecule has 0 rings (SSSR count). The molecule has 0 heterocycles. The number of rotatable bonds is 4. The molecule has 0 aromatic heterocycles. The molecule has 0 atom stereocenters. The molecule has 0 aliphatic rings. The number of nitrogens with zero attached hydrogens (tertiary/aromatic N) is 2. The van der Waals surface area contributed by atoms with Crippen molar-refractivity contribution in [3.05, 3.63) is 0 Å². The molecule has 0 unspecified atom stereocenters. The van der Waals surface area contributed by atoms with Crippen LogP contribution in [0.5, 0.6) is 0 Å². The molecule has 0 N–H and O–H groups in total. The minimum atomic E-state index is -0.338. The van der Waals surface area contributed by atoms with Gasteiger partial charge in [0.25, 0.3) is 0 Å². The highest BCUT2D eigenvalue weighted by molar-refractivity contribution is 5.93. The lowest BCUT2D eigenvalue weighted by atomic mass is 10.3. The number of hydrogen-bond donors (Lipinski definition) is 0. The Kier molecular flexibility index (Phi) is 6.09. The van der Waals surface area contributed by atoms with E-state index >= 15 is 0 Å². The normalized spacial score (nSPS) is 9.65. The molecule has 0 saturated carbocycles. The van der Waals surface area contributed by atoms with Gasteiger partial charge >= 0.3 is 0 Å². The second kappa shape index (κ2) is 6.78. The summed E-state index contributed by atoms with van der Waals surface area (Å²) in [4.78, 5) is 46.5. The lowest BCUT2D eigenvalue weighted by Crippen LogP contribution is -2.38. The van der Waals surface area contributed by atoms with E-state index in [0.717, 1.165) is 9.80 Å². The Hall–Kier alpha value is -1.72. The second-order valence-electron chi connectivity index (χ2n) is 3.73. The van der Waals surface area contributed by atoms with Crippen LogP contribution in [0.4, 0.5) is 0 Å². The van der Waals surface area contributed by atoms with Crippen LogP contribution in [0.3, 0.4) is 0 Å². The summed E-state index contributed by atoms with van der Waals surface area (Å²) in [7, 11) is 0. The van der Waals surface area contributed by atoms with Gasteiger partial charge in [-0.25, -0.2) is 0 Å². The predicted octanol–water partition coefficient (Wildman–Crippen LogP) is 0.167. The van der Waals surface area contributed by atoms with E-state index in [1.54, 1.807) is 0 Å². The highest BCUT2D eigenvalue weighted by Gasteiger charge is 2.16. The number of amides is 4. The number of carbonyl (C=O) groups excluding carboxylic acids is 4. The third-order valence-corrected chi connectivity index (χ3v) is 2.28. The summed E-state index contributed by atoms with van der Waals surface area (Å²) >= 11 is 0. The van der Waals surface area contributed by atoms with Gasteiger partial charge in [-0.2, -0.15) is 0 Å². The summed E-state index contributed by atoms with van der Waals surface area (Å²) in [6, 6.07) is 0. The highest BCUT2D eigenvalue weighted by Crippen LogP contribution is 1.98. The zero-order valence-electron chi connectivity index (χ0n) is 10.6. The van der Waals surface area contributed by atoms with E-state index in [9.17, 15) is 19.2 Å². The third kappa shape index (κ3) is 5.24. The van der Waals surface area contributed by atoms with Crippen LogP contribution >= 0.6 is 0 Å². The zero-order valence-corrected chi connectivity index (χ0v) is 10.6. The van der Waals surface area contributed by atoms with Gasteiger partial charge in [0, 0.05) is 40.8 Å². The van der Waals surface area contributed by atoms with Gasteiger partial charge in [-0.15, -0.1) is 0 Å². The van der Waals surface area contributed by atoms with E-state index in [0.29, 0.717) is 6.42 Å². The lowest BCUT2D eigenvalue weighted by molar-refractivity contribution is -0.142. The SMILES string of the molecule is CC(=O)N(CCCN(C(C)=O)C(C)=O)C(C)=O. The monoisotopic (exact) mass is 242 g/mol. The van der Waals surface area contributed by atoms with E-state index < -0.39 is 0 Å². The van der Waals surface area contributed by atoms with Crippen LogP contribution in [-0.4, -0.2) is 46.5 Å². The average Bonchev–Trinajstić information content (AvgIpc) is 2.14. The van der Waals surface area contributed by atoms with Crippen LogP contribution in [-0.2, 0) is 19.2 Å². The van der Waals surface area contributed by atoms with E-state index in [2.05, 4.69) is 0 Å². The topological polar surface area (TPSA) is 74.8 Å². The Morgan fingerprint density at radius 3 is 1.06 bits per heavy atom. The molecule has 0 spiro atoms. The van der Waals surface area contributed by atoms with Gasteiger partial charge in [0.2, 0.25) is 23.6 Å². The zero-order chi connectivity index (χ0) is 13.6. The molecule has 0 saturated heterocycles. The summed E-state index contributed by atoms with van der Waals surface area (Å²) in [5.74, 6) is -1.35. The third-order valence-electron chi connectivity index (χ3n) is 2.28. The van der Waals surface area contributed by atoms with Crippen molar-refractivity contribution in [2.45, 2.75) is 34.1 Å². The Balaban J connectivity index is 4.29. The number of imide groups is 2. The fourth-order valence-electron chi connectivity index (χ4n) is 1.46. The lowest BCUT2D eigenvalue weighted by Gasteiger charge is -2.20. The van der Waals surface area contributed by atoms with Crippen molar-refractivity contribution in [3.63, 3.8) is 0 Å². The summed E-state index contributed by atoms with van der Waals surface area (Å²) in [5.41, 5.74) is 0. The summed E-state index contributed by atoms with van der Waals surface area (Å²) < 4.78 is 0. The molecule has 0 aromatic rings. The molecule has 6 heteroatoms. The summed E-state index contributed by atoms with van der Waals surface area (Å²) in [6.07, 6.45) is 0.387. The van der Waals surface area contributed by atoms with Crippen molar-refractivity contribution < 1.29 is 19.2 Å². The van der Waals surface area contributed by atoms with Crippen LogP contribution in [0.2, 0.25) is 0 Å². The van der Waals surface area contributed by atoms with Gasteiger partial charge in [0.05, 0.1) is 0 Å². The summed E-state index contributed by atoms with van der Waals surface area (Å²) in [5, 5.41) is 0. The molecule has 0 aromatic carbocycles. The first-order valence-corrected chi connectivity index (χ1v) is 5.34. The molecule has 0 radical (unpaired) electrons. The van der Waals surface area contributed by atoms with Gasteiger partial charge < -0.3 is 0 Å². The maximum atomic E-state index is 11.1. The fraction of sp³-hybridized carbons (Fsp3) is 0.636. The van der Waals surface area contributed by atoms with Gasteiger partial charge in [-0.1, -0.05) is 0 Å². The summed E-state index contributed by atoms with van der Waals surface area (Å²) in [6.45, 7) is 5.62. The molecule has 0 aliphatic heterocycles. The van der Waals surface area contributed by atoms with Crippen molar-refractivity contribution in [1.82, 2.24) is 9.80 Å². The Morgan fingerprint density at radius 2 is 0.882 bits per heavy atom. The fourth-order valence-corrected chi connectivity index (χ4v) is 1.46. The number of carbonyl (C=O) groups is 4. The molecular formula is C11H18N2O4. The minimum absolute atomic E-state index is 0.210. The Morgan fingerprint density at radius 1 is 0.647 bits per heavy atom. The van der Waals surface area contributed by atoms with Crippen molar-refractivity contribution >= 4 is 23.6 Å². The van der Waals surface area contributed by atoms with E-state index in [-0.39, 0.29) is 36.7 Å². The van der Waals surface area contributed by atoms with Crippen LogP contribution in [0, 0.1) is 0 Å². The molecule has 0 fully saturated rings. The molecule has 17 heavy (non-hydrogen) atoms. The maximum absolute atomic E-state index is 11.1. The molecule has 6 nitrogen and oxygen atoms in total. The van der Waals surface area contributed by atoms with Crippen LogP contribution < -0.4 is 0 Å². The van der Waals surface area contributed by atoms with Crippen molar-refractivity contribution in [3.8, 4) is 0 Å². The second-order valence-corrected chi connectivity index (χ2v) is 3.73.